The maximum Gasteiger partial charge on any atom is 0.200 e. The average Bonchev–Trinajstić information content (AvgIpc) is 2.83. The number of nitrogens with zero attached hydrogens (tertiary/aromatic N) is 2. The van der Waals surface area contributed by atoms with Gasteiger partial charge in [-0.15, -0.1) is 0 Å². The highest BCUT2D eigenvalue weighted by molar-refractivity contribution is 7.98. The number of benzene rings is 1. The molecule has 1 heterocycles. The molecule has 1 N–H and O–H groups in total. The predicted octanol–water partition coefficient (Wildman–Crippen LogP) is 2.90. The highest BCUT2D eigenvalue weighted by Crippen LogP contribution is 2.29. The Kier molecular flexibility index (Phi) is 4.52. The zero-order chi connectivity index (χ0) is 15.7. The van der Waals surface area contributed by atoms with E-state index in [9.17, 15) is 22.0 Å². The summed E-state index contributed by atoms with van der Waals surface area (Å²) in [6.07, 6.45) is 1.35. The van der Waals surface area contributed by atoms with Crippen LogP contribution in [0.15, 0.2) is 11.4 Å². The van der Waals surface area contributed by atoms with Crippen molar-refractivity contribution in [2.45, 2.75) is 17.5 Å². The van der Waals surface area contributed by atoms with Crippen molar-refractivity contribution in [3.05, 3.63) is 46.5 Å². The summed E-state index contributed by atoms with van der Waals surface area (Å²) in [5.74, 6) is -10.3. The molecule has 0 saturated carbocycles. The number of aliphatic hydroxyl groups excluding tert-OH is 1. The first-order chi connectivity index (χ1) is 9.88. The Labute approximate surface area is 120 Å². The fourth-order valence-electron chi connectivity index (χ4n) is 1.62. The first kappa shape index (κ1) is 15.8. The van der Waals surface area contributed by atoms with Gasteiger partial charge in [0.15, 0.2) is 28.4 Å². The largest absolute Gasteiger partial charge is 0.390 e. The number of aromatic nitrogens is 2. The van der Waals surface area contributed by atoms with Gasteiger partial charge in [-0.25, -0.2) is 26.9 Å². The molecule has 9 heteroatoms. The first-order valence-corrected chi connectivity index (χ1v) is 6.61. The Morgan fingerprint density at radius 2 is 1.57 bits per heavy atom. The van der Waals surface area contributed by atoms with Gasteiger partial charge < -0.3 is 9.67 Å². The maximum atomic E-state index is 13.5. The van der Waals surface area contributed by atoms with Gasteiger partial charge in [-0.05, 0) is 0 Å². The molecule has 0 fully saturated rings. The third-order valence-electron chi connectivity index (χ3n) is 2.85. The first-order valence-electron chi connectivity index (χ1n) is 5.63. The molecule has 21 heavy (non-hydrogen) atoms. The molecule has 0 aliphatic rings. The summed E-state index contributed by atoms with van der Waals surface area (Å²) in [4.78, 5) is 3.88. The summed E-state index contributed by atoms with van der Waals surface area (Å²) < 4.78 is 67.4. The average molecular weight is 324 g/mol. The van der Waals surface area contributed by atoms with Crippen LogP contribution in [0.4, 0.5) is 22.0 Å². The molecule has 3 nitrogen and oxygen atoms in total. The molecule has 114 valence electrons. The van der Waals surface area contributed by atoms with E-state index in [1.54, 1.807) is 7.05 Å². The quantitative estimate of drug-likeness (QED) is 0.407. The summed E-state index contributed by atoms with van der Waals surface area (Å²) >= 11 is 0.793. The second kappa shape index (κ2) is 6.02. The Morgan fingerprint density at radius 1 is 1.05 bits per heavy atom. The molecule has 0 amide bonds. The standard InChI is InChI=1S/C12H9F5N2OS/c1-19-5(3-20)2-18-12(19)21-4-6-7(13)9(15)11(17)10(16)8(6)14/h2,20H,3-4H2,1H3. The lowest BCUT2D eigenvalue weighted by Gasteiger charge is -2.08. The van der Waals surface area contributed by atoms with Crippen LogP contribution in [0.1, 0.15) is 11.3 Å². The molecule has 0 spiro atoms. The molecule has 0 atom stereocenters. The zero-order valence-electron chi connectivity index (χ0n) is 10.6. The van der Waals surface area contributed by atoms with Gasteiger partial charge in [0.1, 0.15) is 0 Å². The normalized spacial score (nSPS) is 11.2. The van der Waals surface area contributed by atoms with E-state index >= 15 is 0 Å². The van der Waals surface area contributed by atoms with Gasteiger partial charge in [0.2, 0.25) is 5.82 Å². The number of rotatable bonds is 4. The number of thioether (sulfide) groups is 1. The van der Waals surface area contributed by atoms with E-state index < -0.39 is 40.4 Å². The van der Waals surface area contributed by atoms with Crippen LogP contribution in [0.5, 0.6) is 0 Å². The van der Waals surface area contributed by atoms with Crippen molar-refractivity contribution in [3.63, 3.8) is 0 Å². The van der Waals surface area contributed by atoms with Crippen LogP contribution in [-0.2, 0) is 19.4 Å². The molecular weight excluding hydrogens is 315 g/mol. The van der Waals surface area contributed by atoms with Crippen LogP contribution < -0.4 is 0 Å². The third-order valence-corrected chi connectivity index (χ3v) is 3.92. The van der Waals surface area contributed by atoms with E-state index in [2.05, 4.69) is 4.98 Å². The molecule has 2 aromatic rings. The molecule has 0 aliphatic carbocycles. The molecular formula is C12H9F5N2OS. The minimum Gasteiger partial charge on any atom is -0.390 e. The summed E-state index contributed by atoms with van der Waals surface area (Å²) in [7, 11) is 1.55. The predicted molar refractivity (Wildman–Crippen MR) is 64.9 cm³/mol. The Morgan fingerprint density at radius 3 is 2.05 bits per heavy atom. The van der Waals surface area contributed by atoms with Gasteiger partial charge in [0, 0.05) is 18.4 Å². The Balaban J connectivity index is 2.30. The molecule has 0 bridgehead atoms. The van der Waals surface area contributed by atoms with E-state index in [0.29, 0.717) is 5.69 Å². The fourth-order valence-corrected chi connectivity index (χ4v) is 2.59. The van der Waals surface area contributed by atoms with E-state index in [0.717, 1.165) is 11.8 Å². The highest BCUT2D eigenvalue weighted by Gasteiger charge is 2.25. The van der Waals surface area contributed by atoms with E-state index in [-0.39, 0.29) is 11.8 Å². The van der Waals surface area contributed by atoms with Crippen molar-refractivity contribution in [2.75, 3.05) is 0 Å². The molecule has 0 unspecified atom stereocenters. The number of aliphatic hydroxyl groups is 1. The van der Waals surface area contributed by atoms with Crippen LogP contribution in [0.25, 0.3) is 0 Å². The topological polar surface area (TPSA) is 38.0 Å². The van der Waals surface area contributed by atoms with Crippen molar-refractivity contribution in [1.82, 2.24) is 9.55 Å². The molecule has 0 saturated heterocycles. The van der Waals surface area contributed by atoms with Gasteiger partial charge in [-0.3, -0.25) is 0 Å². The minimum absolute atomic E-state index is 0.281. The summed E-state index contributed by atoms with van der Waals surface area (Å²) in [5, 5.41) is 9.26. The molecule has 0 aliphatic heterocycles. The number of halogens is 5. The van der Waals surface area contributed by atoms with Crippen LogP contribution in [-0.4, -0.2) is 14.7 Å². The monoisotopic (exact) mass is 324 g/mol. The SMILES string of the molecule is Cn1c(CO)cnc1SCc1c(F)c(F)c(F)c(F)c1F. The van der Waals surface area contributed by atoms with E-state index in [4.69, 9.17) is 5.11 Å². The van der Waals surface area contributed by atoms with E-state index in [1.807, 2.05) is 0 Å². The second-order valence-electron chi connectivity index (χ2n) is 4.09. The lowest BCUT2D eigenvalue weighted by Crippen LogP contribution is -2.06. The minimum atomic E-state index is -2.18. The van der Waals surface area contributed by atoms with Crippen LogP contribution in [0.2, 0.25) is 0 Å². The van der Waals surface area contributed by atoms with Crippen molar-refractivity contribution in [2.24, 2.45) is 7.05 Å². The highest BCUT2D eigenvalue weighted by atomic mass is 32.2. The second-order valence-corrected chi connectivity index (χ2v) is 5.03. The van der Waals surface area contributed by atoms with Crippen molar-refractivity contribution in [1.29, 1.82) is 0 Å². The smallest absolute Gasteiger partial charge is 0.200 e. The summed E-state index contributed by atoms with van der Waals surface area (Å²) in [6.45, 7) is -0.285. The fraction of sp³-hybridized carbons (Fsp3) is 0.250. The van der Waals surface area contributed by atoms with Crippen molar-refractivity contribution < 1.29 is 27.1 Å². The van der Waals surface area contributed by atoms with Crippen molar-refractivity contribution >= 4 is 11.8 Å². The molecule has 0 radical (unpaired) electrons. The molecule has 2 rings (SSSR count). The number of hydrogen-bond acceptors (Lipinski definition) is 3. The lowest BCUT2D eigenvalue weighted by molar-refractivity contribution is 0.271. The maximum absolute atomic E-state index is 13.5. The summed E-state index contributed by atoms with van der Waals surface area (Å²) in [5.41, 5.74) is -0.458. The lowest BCUT2D eigenvalue weighted by atomic mass is 10.2. The molecule has 1 aromatic heterocycles. The van der Waals surface area contributed by atoms with E-state index in [1.165, 1.54) is 10.8 Å². The number of hydrogen-bond donors (Lipinski definition) is 1. The Hall–Kier alpha value is -1.61. The van der Waals surface area contributed by atoms with Gasteiger partial charge in [0.05, 0.1) is 18.5 Å². The number of imidazole rings is 1. The summed E-state index contributed by atoms with van der Waals surface area (Å²) in [6, 6.07) is 0. The Bertz CT molecular complexity index is 660. The van der Waals surface area contributed by atoms with Crippen LogP contribution in [0.3, 0.4) is 0 Å². The van der Waals surface area contributed by atoms with Gasteiger partial charge in [-0.2, -0.15) is 0 Å². The van der Waals surface area contributed by atoms with Gasteiger partial charge >= 0.3 is 0 Å². The zero-order valence-corrected chi connectivity index (χ0v) is 11.4. The van der Waals surface area contributed by atoms with Crippen LogP contribution >= 0.6 is 11.8 Å². The van der Waals surface area contributed by atoms with Crippen LogP contribution in [0, 0.1) is 29.1 Å². The van der Waals surface area contributed by atoms with Gasteiger partial charge in [0.25, 0.3) is 0 Å². The third kappa shape index (κ3) is 2.75. The van der Waals surface area contributed by atoms with Gasteiger partial charge in [-0.1, -0.05) is 11.8 Å². The van der Waals surface area contributed by atoms with Crippen molar-refractivity contribution in [3.8, 4) is 0 Å². The molecule has 1 aromatic carbocycles.